The number of para-hydroxylation sites is 3. The summed E-state index contributed by atoms with van der Waals surface area (Å²) < 4.78 is 19.7. The van der Waals surface area contributed by atoms with Crippen molar-refractivity contribution in [3.05, 3.63) is 176 Å². The Bertz CT molecular complexity index is 3120. The molecule has 10 aromatic rings. The first-order chi connectivity index (χ1) is 26.8. The summed E-state index contributed by atoms with van der Waals surface area (Å²) in [6.45, 7) is 0.00245. The Hall–Kier alpha value is -7.04. The van der Waals surface area contributed by atoms with Crippen molar-refractivity contribution in [2.75, 3.05) is 0 Å². The molecule has 250 valence electrons. The normalized spacial score (nSPS) is 12.7. The molecule has 0 spiro atoms. The molecule has 9 aromatic carbocycles. The molecule has 0 bridgehead atoms. The second-order valence-corrected chi connectivity index (χ2v) is 14.3. The first kappa shape index (κ1) is 29.5. The fourth-order valence-electron chi connectivity index (χ4n) is 9.14. The van der Waals surface area contributed by atoms with Crippen LogP contribution in [0.2, 0.25) is 0 Å². The van der Waals surface area contributed by atoms with E-state index in [1.807, 2.05) is 18.2 Å². The second-order valence-electron chi connectivity index (χ2n) is 14.3. The Morgan fingerprint density at radius 3 is 1.63 bits per heavy atom. The Kier molecular flexibility index (Phi) is 6.14. The van der Waals surface area contributed by atoms with E-state index in [0.29, 0.717) is 0 Å². The minimum Gasteiger partial charge on any atom is -0.458 e. The van der Waals surface area contributed by atoms with Crippen LogP contribution in [0.5, 0.6) is 23.0 Å². The van der Waals surface area contributed by atoms with E-state index in [1.165, 1.54) is 38.2 Å². The molecule has 4 heteroatoms. The third-order valence-corrected chi connectivity index (χ3v) is 11.4. The summed E-state index contributed by atoms with van der Waals surface area (Å²) in [6.07, 6.45) is 0. The zero-order chi connectivity index (χ0) is 35.3. The van der Waals surface area contributed by atoms with Crippen LogP contribution in [0, 0.1) is 0 Å². The summed E-state index contributed by atoms with van der Waals surface area (Å²) in [5, 5.41) is 7.06. The molecule has 0 saturated heterocycles. The third-order valence-electron chi connectivity index (χ3n) is 11.4. The maximum absolute atomic E-state index is 6.94. The van der Waals surface area contributed by atoms with Gasteiger partial charge in [-0.3, -0.25) is 0 Å². The van der Waals surface area contributed by atoms with Crippen LogP contribution in [-0.2, 0) is 0 Å². The molecule has 3 nitrogen and oxygen atoms in total. The first-order valence-electron chi connectivity index (χ1n) is 18.5. The highest BCUT2D eigenvalue weighted by molar-refractivity contribution is 6.98. The minimum atomic E-state index is 0.00245. The van der Waals surface area contributed by atoms with Crippen molar-refractivity contribution in [1.29, 1.82) is 0 Å². The molecule has 0 radical (unpaired) electrons. The molecule has 0 unspecified atom stereocenters. The van der Waals surface area contributed by atoms with Gasteiger partial charge in [0, 0.05) is 21.8 Å². The lowest BCUT2D eigenvalue weighted by atomic mass is 9.34. The summed E-state index contributed by atoms with van der Waals surface area (Å²) in [5.41, 5.74) is 12.1. The predicted octanol–water partition coefficient (Wildman–Crippen LogP) is 11.6. The molecule has 54 heavy (non-hydrogen) atoms. The molecule has 0 saturated carbocycles. The van der Waals surface area contributed by atoms with Crippen LogP contribution < -0.4 is 25.9 Å². The average Bonchev–Trinajstić information content (AvgIpc) is 3.61. The highest BCUT2D eigenvalue weighted by atomic mass is 16.5. The van der Waals surface area contributed by atoms with E-state index < -0.39 is 0 Å². The Balaban J connectivity index is 1.12. The maximum atomic E-state index is 6.94. The molecule has 0 atom stereocenters. The van der Waals surface area contributed by atoms with E-state index in [4.69, 9.17) is 13.9 Å². The molecule has 3 heterocycles. The van der Waals surface area contributed by atoms with Gasteiger partial charge in [0.1, 0.15) is 34.2 Å². The van der Waals surface area contributed by atoms with Gasteiger partial charge in [0.05, 0.1) is 0 Å². The van der Waals surface area contributed by atoms with E-state index in [0.717, 1.165) is 78.0 Å². The fourth-order valence-corrected chi connectivity index (χ4v) is 9.14. The Morgan fingerprint density at radius 2 is 0.907 bits per heavy atom. The van der Waals surface area contributed by atoms with Gasteiger partial charge in [-0.2, -0.15) is 0 Å². The van der Waals surface area contributed by atoms with Crippen molar-refractivity contribution >= 4 is 66.6 Å². The number of hydrogen-bond donors (Lipinski definition) is 0. The molecule has 0 amide bonds. The van der Waals surface area contributed by atoms with Crippen molar-refractivity contribution in [2.45, 2.75) is 0 Å². The van der Waals surface area contributed by atoms with Gasteiger partial charge in [0.15, 0.2) is 0 Å². The molecule has 2 aliphatic rings. The van der Waals surface area contributed by atoms with Gasteiger partial charge in [-0.1, -0.05) is 133 Å². The number of rotatable bonds is 3. The highest BCUT2D eigenvalue weighted by Gasteiger charge is 2.41. The molecule has 2 aliphatic heterocycles. The second kappa shape index (κ2) is 11.2. The van der Waals surface area contributed by atoms with E-state index >= 15 is 0 Å². The van der Waals surface area contributed by atoms with Gasteiger partial charge in [0.25, 0.3) is 6.71 Å². The molecule has 0 N–H and O–H groups in total. The van der Waals surface area contributed by atoms with E-state index in [2.05, 4.69) is 158 Å². The van der Waals surface area contributed by atoms with Crippen LogP contribution in [0.1, 0.15) is 0 Å². The monoisotopic (exact) mass is 688 g/mol. The van der Waals surface area contributed by atoms with Crippen LogP contribution in [-0.4, -0.2) is 6.71 Å². The van der Waals surface area contributed by atoms with Crippen LogP contribution in [0.25, 0.3) is 76.9 Å². The molecule has 0 fully saturated rings. The largest absolute Gasteiger partial charge is 0.458 e. The lowest BCUT2D eigenvalue weighted by Crippen LogP contribution is -2.57. The fraction of sp³-hybridized carbons (Fsp3) is 0. The topological polar surface area (TPSA) is 31.6 Å². The number of furan rings is 1. The summed E-state index contributed by atoms with van der Waals surface area (Å²) in [4.78, 5) is 0. The lowest BCUT2D eigenvalue weighted by molar-refractivity contribution is 0.465. The van der Waals surface area contributed by atoms with E-state index in [1.54, 1.807) is 0 Å². The van der Waals surface area contributed by atoms with Crippen LogP contribution in [0.3, 0.4) is 0 Å². The van der Waals surface area contributed by atoms with Gasteiger partial charge >= 0.3 is 0 Å². The van der Waals surface area contributed by atoms with Gasteiger partial charge in [-0.05, 0) is 103 Å². The number of benzene rings is 9. The molecule has 12 rings (SSSR count). The zero-order valence-electron chi connectivity index (χ0n) is 29.0. The lowest BCUT2D eigenvalue weighted by Gasteiger charge is -2.34. The number of fused-ring (bicyclic) bond motifs is 9. The van der Waals surface area contributed by atoms with Crippen molar-refractivity contribution in [2.24, 2.45) is 0 Å². The SMILES string of the molecule is c1ccc2c(c1)Oc1ccc(-c3ccccc3-c3c4ccccc4c(-c4ccc5oc6ccccc6c5c4)c4ccccc34)c3c1B2c1ccccc1O3. The number of ether oxygens (including phenoxy) is 2. The van der Waals surface area contributed by atoms with Crippen molar-refractivity contribution < 1.29 is 13.9 Å². The maximum Gasteiger partial charge on any atom is 0.260 e. The molecule has 1 aromatic heterocycles. The smallest absolute Gasteiger partial charge is 0.260 e. The van der Waals surface area contributed by atoms with E-state index in [-0.39, 0.29) is 6.71 Å². The number of hydrogen-bond acceptors (Lipinski definition) is 3. The Morgan fingerprint density at radius 1 is 0.352 bits per heavy atom. The summed E-state index contributed by atoms with van der Waals surface area (Å²) in [7, 11) is 0. The van der Waals surface area contributed by atoms with E-state index in [9.17, 15) is 0 Å². The minimum absolute atomic E-state index is 0.00245. The van der Waals surface area contributed by atoms with Crippen LogP contribution >= 0.6 is 0 Å². The predicted molar refractivity (Wildman–Crippen MR) is 223 cm³/mol. The molecular formula is C50H29BO3. The molecular weight excluding hydrogens is 659 g/mol. The zero-order valence-corrected chi connectivity index (χ0v) is 29.0. The van der Waals surface area contributed by atoms with Crippen molar-refractivity contribution in [3.8, 4) is 56.4 Å². The van der Waals surface area contributed by atoms with Gasteiger partial charge < -0.3 is 13.9 Å². The van der Waals surface area contributed by atoms with Gasteiger partial charge in [-0.25, -0.2) is 0 Å². The van der Waals surface area contributed by atoms with Crippen LogP contribution in [0.15, 0.2) is 180 Å². The highest BCUT2D eigenvalue weighted by Crippen LogP contribution is 2.49. The summed E-state index contributed by atoms with van der Waals surface area (Å²) >= 11 is 0. The van der Waals surface area contributed by atoms with Crippen molar-refractivity contribution in [1.82, 2.24) is 0 Å². The molecule has 0 aliphatic carbocycles. The third kappa shape index (κ3) is 4.14. The summed E-state index contributed by atoms with van der Waals surface area (Å²) in [5.74, 6) is 3.46. The summed E-state index contributed by atoms with van der Waals surface area (Å²) in [6, 6.07) is 62.5. The Labute approximate surface area is 311 Å². The van der Waals surface area contributed by atoms with Gasteiger partial charge in [0.2, 0.25) is 0 Å². The standard InChI is InChI=1S/C50H29BO3/c1-2-15-33(31(13-1)38-26-28-46-49-50(38)54-45-24-12-9-21-41(45)51(49)40-20-8-11-23-44(40)53-46)48-36-18-5-3-16-34(36)47(35-17-4-6-19-37(35)48)30-25-27-43-39(29-30)32-14-7-10-22-42(32)52-43/h1-29H. The van der Waals surface area contributed by atoms with Crippen LogP contribution in [0.4, 0.5) is 0 Å². The quantitative estimate of drug-likeness (QED) is 0.137. The van der Waals surface area contributed by atoms with Crippen molar-refractivity contribution in [3.63, 3.8) is 0 Å². The van der Waals surface area contributed by atoms with Gasteiger partial charge in [-0.15, -0.1) is 0 Å². The first-order valence-corrected chi connectivity index (χ1v) is 18.5. The average molecular weight is 689 g/mol.